The number of ether oxygens (including phenoxy) is 1. The molecule has 100 valence electrons. The Morgan fingerprint density at radius 2 is 1.94 bits per heavy atom. The Morgan fingerprint density at radius 3 is 2.41 bits per heavy atom. The topological polar surface area (TPSA) is 64.4 Å². The molecule has 1 rings (SSSR count). The first-order chi connectivity index (χ1) is 7.78. The summed E-state index contributed by atoms with van der Waals surface area (Å²) in [7, 11) is 0. The fourth-order valence-electron chi connectivity index (χ4n) is 1.65. The molecule has 0 aromatic heterocycles. The van der Waals surface area contributed by atoms with Crippen LogP contribution < -0.4 is 11.1 Å². The molecule has 0 radical (unpaired) electrons. The van der Waals surface area contributed by atoms with Gasteiger partial charge in [-0.25, -0.2) is 0 Å². The highest BCUT2D eigenvalue weighted by molar-refractivity contribution is 5.86. The molecule has 0 aromatic rings. The number of nitrogens with two attached hydrogens (primary N) is 1. The molecule has 0 bridgehead atoms. The molecule has 0 saturated carbocycles. The Balaban J connectivity index is 2.49. The van der Waals surface area contributed by atoms with E-state index >= 15 is 0 Å². The van der Waals surface area contributed by atoms with Crippen LogP contribution in [0.25, 0.3) is 0 Å². The van der Waals surface area contributed by atoms with E-state index in [2.05, 4.69) is 33.0 Å². The van der Waals surface area contributed by atoms with Crippen LogP contribution in [0.15, 0.2) is 0 Å². The quantitative estimate of drug-likeness (QED) is 0.781. The smallest absolute Gasteiger partial charge is 0.240 e. The van der Waals surface area contributed by atoms with Gasteiger partial charge in [-0.05, 0) is 24.2 Å². The van der Waals surface area contributed by atoms with Gasteiger partial charge in [-0.15, -0.1) is 0 Å². The molecule has 1 amide bonds. The van der Waals surface area contributed by atoms with E-state index < -0.39 is 5.54 Å². The maximum Gasteiger partial charge on any atom is 0.240 e. The van der Waals surface area contributed by atoms with Gasteiger partial charge in [0.05, 0.1) is 5.54 Å². The van der Waals surface area contributed by atoms with Crippen LogP contribution in [0.5, 0.6) is 0 Å². The molecule has 1 fully saturated rings. The van der Waals surface area contributed by atoms with Gasteiger partial charge >= 0.3 is 0 Å². The molecule has 17 heavy (non-hydrogen) atoms. The SMILES string of the molecule is CC(C)C(C)(C)CNC(=O)C1(N)CCOCC1. The molecule has 4 heteroatoms. The highest BCUT2D eigenvalue weighted by Crippen LogP contribution is 2.25. The van der Waals surface area contributed by atoms with Crippen LogP contribution in [0.1, 0.15) is 40.5 Å². The highest BCUT2D eigenvalue weighted by Gasteiger charge is 2.36. The van der Waals surface area contributed by atoms with E-state index in [4.69, 9.17) is 10.5 Å². The van der Waals surface area contributed by atoms with Crippen LogP contribution in [0.2, 0.25) is 0 Å². The van der Waals surface area contributed by atoms with Crippen molar-refractivity contribution < 1.29 is 9.53 Å². The van der Waals surface area contributed by atoms with Crippen LogP contribution in [0, 0.1) is 11.3 Å². The predicted molar refractivity (Wildman–Crippen MR) is 68.6 cm³/mol. The Bertz CT molecular complexity index is 269. The first-order valence-corrected chi connectivity index (χ1v) is 6.43. The fourth-order valence-corrected chi connectivity index (χ4v) is 1.65. The predicted octanol–water partition coefficient (Wildman–Crippen LogP) is 1.29. The van der Waals surface area contributed by atoms with Gasteiger partial charge in [-0.2, -0.15) is 0 Å². The third-order valence-electron chi connectivity index (χ3n) is 4.10. The number of amides is 1. The lowest BCUT2D eigenvalue weighted by molar-refractivity contribution is -0.130. The Morgan fingerprint density at radius 1 is 1.41 bits per heavy atom. The third-order valence-corrected chi connectivity index (χ3v) is 4.10. The maximum atomic E-state index is 12.1. The van der Waals surface area contributed by atoms with Gasteiger partial charge in [-0.3, -0.25) is 4.79 Å². The molecule has 0 aromatic carbocycles. The lowest BCUT2D eigenvalue weighted by atomic mass is 9.80. The number of rotatable bonds is 4. The minimum absolute atomic E-state index is 0.0328. The average molecular weight is 242 g/mol. The van der Waals surface area contributed by atoms with Crippen molar-refractivity contribution in [2.45, 2.75) is 46.1 Å². The van der Waals surface area contributed by atoms with Gasteiger partial charge in [0.1, 0.15) is 0 Å². The van der Waals surface area contributed by atoms with E-state index in [1.807, 2.05) is 0 Å². The lowest BCUT2D eigenvalue weighted by Crippen LogP contribution is -2.58. The van der Waals surface area contributed by atoms with Gasteiger partial charge in [0, 0.05) is 19.8 Å². The molecule has 4 nitrogen and oxygen atoms in total. The average Bonchev–Trinajstić information content (AvgIpc) is 2.26. The van der Waals surface area contributed by atoms with Crippen LogP contribution in [-0.4, -0.2) is 31.2 Å². The summed E-state index contributed by atoms with van der Waals surface area (Å²) in [6, 6.07) is 0. The van der Waals surface area contributed by atoms with Crippen molar-refractivity contribution in [3.05, 3.63) is 0 Å². The second-order valence-corrected chi connectivity index (χ2v) is 6.09. The van der Waals surface area contributed by atoms with Crippen molar-refractivity contribution in [3.8, 4) is 0 Å². The molecular formula is C13H26N2O2. The summed E-state index contributed by atoms with van der Waals surface area (Å²) in [5.74, 6) is 0.487. The molecule has 1 aliphatic heterocycles. The number of hydrogen-bond donors (Lipinski definition) is 2. The van der Waals surface area contributed by atoms with Gasteiger partial charge < -0.3 is 15.8 Å². The summed E-state index contributed by atoms with van der Waals surface area (Å²) in [6.07, 6.45) is 1.22. The number of carbonyl (C=O) groups excluding carboxylic acids is 1. The number of hydrogen-bond acceptors (Lipinski definition) is 3. The van der Waals surface area contributed by atoms with Crippen molar-refractivity contribution >= 4 is 5.91 Å². The summed E-state index contributed by atoms with van der Waals surface area (Å²) in [4.78, 5) is 12.1. The summed E-state index contributed by atoms with van der Waals surface area (Å²) < 4.78 is 5.24. The van der Waals surface area contributed by atoms with Gasteiger partial charge in [0.15, 0.2) is 0 Å². The van der Waals surface area contributed by atoms with Crippen molar-refractivity contribution in [2.75, 3.05) is 19.8 Å². The standard InChI is InChI=1S/C13H26N2O2/c1-10(2)12(3,4)9-15-11(16)13(14)5-7-17-8-6-13/h10H,5-9,14H2,1-4H3,(H,15,16). The Kier molecular flexibility index (Phi) is 4.55. The van der Waals surface area contributed by atoms with Gasteiger partial charge in [0.2, 0.25) is 5.91 Å². The van der Waals surface area contributed by atoms with Crippen LogP contribution in [-0.2, 0) is 9.53 Å². The largest absolute Gasteiger partial charge is 0.381 e. The van der Waals surface area contributed by atoms with Crippen LogP contribution >= 0.6 is 0 Å². The molecule has 3 N–H and O–H groups in total. The van der Waals surface area contributed by atoms with Gasteiger partial charge in [-0.1, -0.05) is 27.7 Å². The zero-order valence-corrected chi connectivity index (χ0v) is 11.5. The maximum absolute atomic E-state index is 12.1. The van der Waals surface area contributed by atoms with E-state index in [0.29, 0.717) is 38.5 Å². The summed E-state index contributed by atoms with van der Waals surface area (Å²) in [5.41, 5.74) is 5.48. The Hall–Kier alpha value is -0.610. The molecule has 0 atom stereocenters. The number of carbonyl (C=O) groups is 1. The molecule has 1 aliphatic rings. The Labute approximate surface area is 104 Å². The number of nitrogens with one attached hydrogen (secondary N) is 1. The summed E-state index contributed by atoms with van der Waals surface area (Å²) >= 11 is 0. The minimum Gasteiger partial charge on any atom is -0.381 e. The molecule has 0 aliphatic carbocycles. The monoisotopic (exact) mass is 242 g/mol. The first-order valence-electron chi connectivity index (χ1n) is 6.43. The van der Waals surface area contributed by atoms with Crippen LogP contribution in [0.4, 0.5) is 0 Å². The lowest BCUT2D eigenvalue weighted by Gasteiger charge is -2.35. The molecule has 1 saturated heterocycles. The van der Waals surface area contributed by atoms with E-state index in [1.54, 1.807) is 0 Å². The van der Waals surface area contributed by atoms with E-state index in [-0.39, 0.29) is 11.3 Å². The highest BCUT2D eigenvalue weighted by atomic mass is 16.5. The van der Waals surface area contributed by atoms with Crippen molar-refractivity contribution in [1.82, 2.24) is 5.32 Å². The first kappa shape index (κ1) is 14.5. The fraction of sp³-hybridized carbons (Fsp3) is 0.923. The third kappa shape index (κ3) is 3.68. The van der Waals surface area contributed by atoms with E-state index in [9.17, 15) is 4.79 Å². The van der Waals surface area contributed by atoms with E-state index in [0.717, 1.165) is 0 Å². The zero-order chi connectivity index (χ0) is 13.1. The molecule has 1 heterocycles. The second kappa shape index (κ2) is 5.36. The second-order valence-electron chi connectivity index (χ2n) is 6.09. The minimum atomic E-state index is -0.731. The van der Waals surface area contributed by atoms with Crippen molar-refractivity contribution in [2.24, 2.45) is 17.1 Å². The van der Waals surface area contributed by atoms with E-state index in [1.165, 1.54) is 0 Å². The molecule has 0 unspecified atom stereocenters. The normalized spacial score (nSPS) is 20.4. The van der Waals surface area contributed by atoms with Gasteiger partial charge in [0.25, 0.3) is 0 Å². The van der Waals surface area contributed by atoms with Crippen molar-refractivity contribution in [1.29, 1.82) is 0 Å². The van der Waals surface area contributed by atoms with Crippen LogP contribution in [0.3, 0.4) is 0 Å². The summed E-state index contributed by atoms with van der Waals surface area (Å²) in [6.45, 7) is 10.5. The summed E-state index contributed by atoms with van der Waals surface area (Å²) in [5, 5.41) is 3.00. The zero-order valence-electron chi connectivity index (χ0n) is 11.5. The van der Waals surface area contributed by atoms with Crippen molar-refractivity contribution in [3.63, 3.8) is 0 Å². The molecule has 0 spiro atoms. The molecular weight excluding hydrogens is 216 g/mol.